The molecule has 1 fully saturated rings. The van der Waals surface area contributed by atoms with E-state index in [-0.39, 0.29) is 5.91 Å². The van der Waals surface area contributed by atoms with E-state index in [2.05, 4.69) is 16.8 Å². The fourth-order valence-corrected chi connectivity index (χ4v) is 5.22. The summed E-state index contributed by atoms with van der Waals surface area (Å²) in [4.78, 5) is 26.7. The molecule has 29 heavy (non-hydrogen) atoms. The minimum atomic E-state index is 0.0315. The zero-order chi connectivity index (χ0) is 20.1. The van der Waals surface area contributed by atoms with Crippen molar-refractivity contribution < 1.29 is 4.79 Å². The number of aryl methyl sites for hydroxylation is 2. The number of carbonyl (C=O) groups is 1. The van der Waals surface area contributed by atoms with E-state index in [1.165, 1.54) is 0 Å². The Hall–Kier alpha value is -2.64. The molecule has 1 amide bonds. The fraction of sp³-hybridized carbons (Fsp3) is 0.286. The second-order valence-corrected chi connectivity index (χ2v) is 8.68. The van der Waals surface area contributed by atoms with Crippen LogP contribution in [0.1, 0.15) is 21.7 Å². The number of piperazine rings is 1. The maximum Gasteiger partial charge on any atom is 0.272 e. The Balaban J connectivity index is 1.36. The third kappa shape index (κ3) is 3.05. The highest BCUT2D eigenvalue weighted by Crippen LogP contribution is 2.35. The average Bonchev–Trinajstić information content (AvgIpc) is 3.32. The van der Waals surface area contributed by atoms with Crippen molar-refractivity contribution >= 4 is 49.8 Å². The van der Waals surface area contributed by atoms with Crippen LogP contribution in [-0.4, -0.2) is 51.4 Å². The van der Waals surface area contributed by atoms with Gasteiger partial charge < -0.3 is 9.80 Å². The van der Waals surface area contributed by atoms with Gasteiger partial charge in [-0.3, -0.25) is 9.20 Å². The van der Waals surface area contributed by atoms with Crippen LogP contribution in [0.5, 0.6) is 0 Å². The molecule has 0 saturated carbocycles. The van der Waals surface area contributed by atoms with E-state index in [9.17, 15) is 4.79 Å². The zero-order valence-electron chi connectivity index (χ0n) is 16.2. The van der Waals surface area contributed by atoms with Crippen LogP contribution in [0.4, 0.5) is 5.13 Å². The normalized spacial score (nSPS) is 14.9. The molecule has 8 heteroatoms. The molecule has 0 unspecified atom stereocenters. The SMILES string of the molecule is Cc1nc2ccccn2c1C(=O)N1CCN(c2nc3c(C)ccc(Cl)c3s2)CC1. The minimum absolute atomic E-state index is 0.0315. The third-order valence-corrected chi connectivity index (χ3v) is 7.01. The summed E-state index contributed by atoms with van der Waals surface area (Å²) in [5.74, 6) is 0.0315. The number of amides is 1. The maximum atomic E-state index is 13.2. The van der Waals surface area contributed by atoms with E-state index in [4.69, 9.17) is 16.6 Å². The molecular formula is C21H20ClN5OS. The summed E-state index contributed by atoms with van der Waals surface area (Å²) in [6.07, 6.45) is 1.89. The monoisotopic (exact) mass is 425 g/mol. The number of aromatic nitrogens is 3. The van der Waals surface area contributed by atoms with Crippen molar-refractivity contribution in [1.29, 1.82) is 0 Å². The number of hydrogen-bond acceptors (Lipinski definition) is 5. The first kappa shape index (κ1) is 18.4. The second kappa shape index (κ2) is 7.00. The number of benzene rings is 1. The van der Waals surface area contributed by atoms with Crippen molar-refractivity contribution in [1.82, 2.24) is 19.3 Å². The smallest absolute Gasteiger partial charge is 0.272 e. The molecule has 0 atom stereocenters. The summed E-state index contributed by atoms with van der Waals surface area (Å²) in [6, 6.07) is 9.70. The van der Waals surface area contributed by atoms with Crippen molar-refractivity contribution in [2.24, 2.45) is 0 Å². The van der Waals surface area contributed by atoms with E-state index < -0.39 is 0 Å². The summed E-state index contributed by atoms with van der Waals surface area (Å²) >= 11 is 7.98. The number of rotatable bonds is 2. The highest BCUT2D eigenvalue weighted by molar-refractivity contribution is 7.22. The van der Waals surface area contributed by atoms with E-state index in [0.29, 0.717) is 18.8 Å². The van der Waals surface area contributed by atoms with E-state index in [1.807, 2.05) is 52.8 Å². The standard InChI is InChI=1S/C21H20ClN5OS/c1-13-6-7-15(22)19-17(13)24-21(29-19)26-11-9-25(10-12-26)20(28)18-14(2)23-16-5-3-4-8-27(16)18/h3-8H,9-12H2,1-2H3. The van der Waals surface area contributed by atoms with Crippen molar-refractivity contribution in [3.63, 3.8) is 0 Å². The highest BCUT2D eigenvalue weighted by atomic mass is 35.5. The van der Waals surface area contributed by atoms with E-state index in [1.54, 1.807) is 11.3 Å². The number of hydrogen-bond donors (Lipinski definition) is 0. The molecule has 1 saturated heterocycles. The number of halogens is 1. The first-order chi connectivity index (χ1) is 14.0. The van der Waals surface area contributed by atoms with Gasteiger partial charge in [0.15, 0.2) is 5.13 Å². The summed E-state index contributed by atoms with van der Waals surface area (Å²) in [5.41, 5.74) is 4.31. The molecule has 3 aromatic heterocycles. The van der Waals surface area contributed by atoms with Gasteiger partial charge in [0.2, 0.25) is 0 Å². The average molecular weight is 426 g/mol. The maximum absolute atomic E-state index is 13.2. The van der Waals surface area contributed by atoms with Crippen molar-refractivity contribution in [2.75, 3.05) is 31.1 Å². The van der Waals surface area contributed by atoms with Crippen LogP contribution in [0.15, 0.2) is 36.5 Å². The van der Waals surface area contributed by atoms with Crippen molar-refractivity contribution in [3.8, 4) is 0 Å². The van der Waals surface area contributed by atoms with Crippen molar-refractivity contribution in [3.05, 3.63) is 58.5 Å². The number of imidazole rings is 1. The minimum Gasteiger partial charge on any atom is -0.345 e. The molecule has 0 bridgehead atoms. The van der Waals surface area contributed by atoms with Gasteiger partial charge >= 0.3 is 0 Å². The Bertz CT molecular complexity index is 1200. The first-order valence-electron chi connectivity index (χ1n) is 9.56. The predicted octanol–water partition coefficient (Wildman–Crippen LogP) is 4.18. The largest absolute Gasteiger partial charge is 0.345 e. The number of pyridine rings is 1. The molecule has 0 radical (unpaired) electrons. The third-order valence-electron chi connectivity index (χ3n) is 5.43. The van der Waals surface area contributed by atoms with Gasteiger partial charge in [0.05, 0.1) is 20.9 Å². The number of nitrogens with zero attached hydrogens (tertiary/aromatic N) is 5. The Labute approximate surface area is 177 Å². The lowest BCUT2D eigenvalue weighted by atomic mass is 10.2. The molecule has 0 N–H and O–H groups in total. The summed E-state index contributed by atoms with van der Waals surface area (Å²) < 4.78 is 2.91. The molecule has 4 heterocycles. The van der Waals surface area contributed by atoms with Crippen LogP contribution in [0, 0.1) is 13.8 Å². The molecule has 1 aliphatic rings. The quantitative estimate of drug-likeness (QED) is 0.483. The van der Waals surface area contributed by atoms with E-state index >= 15 is 0 Å². The molecule has 148 valence electrons. The molecule has 6 nitrogen and oxygen atoms in total. The lowest BCUT2D eigenvalue weighted by Crippen LogP contribution is -2.49. The second-order valence-electron chi connectivity index (χ2n) is 7.29. The number of thiazole rings is 1. The number of anilines is 1. The van der Waals surface area contributed by atoms with Crippen LogP contribution >= 0.6 is 22.9 Å². The summed E-state index contributed by atoms with van der Waals surface area (Å²) in [6.45, 7) is 6.75. The van der Waals surface area contributed by atoms with Gasteiger partial charge in [0.25, 0.3) is 5.91 Å². The van der Waals surface area contributed by atoms with Gasteiger partial charge in [-0.2, -0.15) is 0 Å². The Morgan fingerprint density at radius 3 is 2.62 bits per heavy atom. The lowest BCUT2D eigenvalue weighted by molar-refractivity contribution is 0.0739. The highest BCUT2D eigenvalue weighted by Gasteiger charge is 2.27. The van der Waals surface area contributed by atoms with Gasteiger partial charge in [-0.1, -0.05) is 35.1 Å². The van der Waals surface area contributed by atoms with Gasteiger partial charge in [-0.05, 0) is 37.6 Å². The zero-order valence-corrected chi connectivity index (χ0v) is 17.8. The van der Waals surface area contributed by atoms with Crippen LogP contribution in [-0.2, 0) is 0 Å². The molecule has 1 aliphatic heterocycles. The van der Waals surface area contributed by atoms with Crippen LogP contribution in [0.3, 0.4) is 0 Å². The van der Waals surface area contributed by atoms with Crippen LogP contribution in [0.25, 0.3) is 15.9 Å². The topological polar surface area (TPSA) is 53.7 Å². The molecule has 5 rings (SSSR count). The Morgan fingerprint density at radius 2 is 1.86 bits per heavy atom. The molecule has 0 spiro atoms. The lowest BCUT2D eigenvalue weighted by Gasteiger charge is -2.34. The molecular weight excluding hydrogens is 406 g/mol. The summed E-state index contributed by atoms with van der Waals surface area (Å²) in [5, 5.41) is 1.71. The molecule has 4 aromatic rings. The Kier molecular flexibility index (Phi) is 4.44. The van der Waals surface area contributed by atoms with Gasteiger partial charge in [0, 0.05) is 32.4 Å². The first-order valence-corrected chi connectivity index (χ1v) is 10.8. The summed E-state index contributed by atoms with van der Waals surface area (Å²) in [7, 11) is 0. The van der Waals surface area contributed by atoms with Crippen LogP contribution < -0.4 is 4.90 Å². The molecule has 1 aromatic carbocycles. The van der Waals surface area contributed by atoms with E-state index in [0.717, 1.165) is 50.4 Å². The Morgan fingerprint density at radius 1 is 1.07 bits per heavy atom. The van der Waals surface area contributed by atoms with Crippen LogP contribution in [0.2, 0.25) is 5.02 Å². The fourth-order valence-electron chi connectivity index (χ4n) is 3.85. The predicted molar refractivity (Wildman–Crippen MR) is 117 cm³/mol. The van der Waals surface area contributed by atoms with Gasteiger partial charge in [-0.25, -0.2) is 9.97 Å². The number of carbonyl (C=O) groups excluding carboxylic acids is 1. The van der Waals surface area contributed by atoms with Gasteiger partial charge in [-0.15, -0.1) is 0 Å². The van der Waals surface area contributed by atoms with Gasteiger partial charge in [0.1, 0.15) is 11.3 Å². The number of fused-ring (bicyclic) bond motifs is 2. The molecule has 0 aliphatic carbocycles. The van der Waals surface area contributed by atoms with Crippen molar-refractivity contribution in [2.45, 2.75) is 13.8 Å².